The van der Waals surface area contributed by atoms with Gasteiger partial charge in [0.15, 0.2) is 0 Å². The first-order valence-corrected chi connectivity index (χ1v) is 4.01. The quantitative estimate of drug-likeness (QED) is 0.806. The Bertz CT molecular complexity index is 302. The first kappa shape index (κ1) is 10.3. The summed E-state index contributed by atoms with van der Waals surface area (Å²) in [6.07, 6.45) is 0.0198. The van der Waals surface area contributed by atoms with E-state index in [1.54, 1.807) is 0 Å². The van der Waals surface area contributed by atoms with Crippen molar-refractivity contribution >= 4 is 11.6 Å². The van der Waals surface area contributed by atoms with E-state index in [1.807, 2.05) is 0 Å². The van der Waals surface area contributed by atoms with Gasteiger partial charge >= 0.3 is 0 Å². The number of nitrogens with two attached hydrogens (primary N) is 1. The van der Waals surface area contributed by atoms with Crippen molar-refractivity contribution in [2.75, 3.05) is 0 Å². The Morgan fingerprint density at radius 1 is 1.62 bits per heavy atom. The van der Waals surface area contributed by atoms with E-state index in [9.17, 15) is 8.78 Å². The molecule has 0 saturated carbocycles. The predicted molar refractivity (Wildman–Crippen MR) is 46.8 cm³/mol. The van der Waals surface area contributed by atoms with E-state index >= 15 is 0 Å². The minimum Gasteiger partial charge on any atom is -0.317 e. The van der Waals surface area contributed by atoms with Crippen molar-refractivity contribution in [2.45, 2.75) is 18.9 Å². The van der Waals surface area contributed by atoms with Gasteiger partial charge in [-0.2, -0.15) is 0 Å². The van der Waals surface area contributed by atoms with Crippen molar-refractivity contribution in [3.05, 3.63) is 29.0 Å². The summed E-state index contributed by atoms with van der Waals surface area (Å²) in [6.45, 7) is 1.24. The first-order chi connectivity index (χ1) is 5.96. The molecule has 0 saturated heterocycles. The highest BCUT2D eigenvalue weighted by Crippen LogP contribution is 2.29. The summed E-state index contributed by atoms with van der Waals surface area (Å²) in [5, 5.41) is 0.160. The fraction of sp³-hybridized carbons (Fsp3) is 0.375. The Labute approximate surface area is 79.7 Å². The summed E-state index contributed by atoms with van der Waals surface area (Å²) in [6, 6.07) is 1.40. The fourth-order valence-corrected chi connectivity index (χ4v) is 1.25. The number of alkyl halides is 2. The van der Waals surface area contributed by atoms with Crippen LogP contribution in [0.25, 0.3) is 0 Å². The van der Waals surface area contributed by atoms with Crippen LogP contribution in [0.5, 0.6) is 0 Å². The molecular formula is C8H9ClF2N2. The number of pyridine rings is 1. The standard InChI is InChI=1S/C8H9ClF2N2/c1-8(12,7(10)11)5-2-3-13-4-6(5)9/h2-4,7H,12H2,1H3. The summed E-state index contributed by atoms with van der Waals surface area (Å²) in [5.74, 6) is 0. The van der Waals surface area contributed by atoms with Crippen LogP contribution >= 0.6 is 11.6 Å². The van der Waals surface area contributed by atoms with Gasteiger partial charge in [0.25, 0.3) is 6.43 Å². The molecule has 0 aliphatic carbocycles. The van der Waals surface area contributed by atoms with Crippen LogP contribution in [-0.2, 0) is 5.54 Å². The highest BCUT2D eigenvalue weighted by atomic mass is 35.5. The predicted octanol–water partition coefficient (Wildman–Crippen LogP) is 2.17. The molecule has 0 amide bonds. The maximum atomic E-state index is 12.5. The van der Waals surface area contributed by atoms with E-state index in [1.165, 1.54) is 25.4 Å². The third-order valence-corrected chi connectivity index (χ3v) is 2.11. The Morgan fingerprint density at radius 3 is 2.69 bits per heavy atom. The van der Waals surface area contributed by atoms with Gasteiger partial charge in [-0.25, -0.2) is 8.78 Å². The number of halogens is 3. The number of hydrogen-bond acceptors (Lipinski definition) is 2. The van der Waals surface area contributed by atoms with E-state index in [2.05, 4.69) is 4.98 Å². The molecule has 0 bridgehead atoms. The number of hydrogen-bond donors (Lipinski definition) is 1. The zero-order valence-corrected chi connectivity index (χ0v) is 7.72. The van der Waals surface area contributed by atoms with Crippen molar-refractivity contribution in [2.24, 2.45) is 5.73 Å². The molecule has 0 fully saturated rings. The van der Waals surface area contributed by atoms with Crippen molar-refractivity contribution in [1.82, 2.24) is 4.98 Å². The molecule has 1 aromatic heterocycles. The minimum atomic E-state index is -2.66. The summed E-state index contributed by atoms with van der Waals surface area (Å²) in [5.41, 5.74) is 3.90. The summed E-state index contributed by atoms with van der Waals surface area (Å²) >= 11 is 5.68. The molecule has 5 heteroatoms. The maximum absolute atomic E-state index is 12.5. The molecule has 0 aliphatic rings. The summed E-state index contributed by atoms with van der Waals surface area (Å²) in [7, 11) is 0. The zero-order chi connectivity index (χ0) is 10.1. The van der Waals surface area contributed by atoms with Crippen LogP contribution < -0.4 is 5.73 Å². The number of rotatable bonds is 2. The van der Waals surface area contributed by atoms with E-state index in [0.717, 1.165) is 0 Å². The minimum absolute atomic E-state index is 0.160. The van der Waals surface area contributed by atoms with Crippen molar-refractivity contribution in [1.29, 1.82) is 0 Å². The Morgan fingerprint density at radius 2 is 2.23 bits per heavy atom. The van der Waals surface area contributed by atoms with E-state index in [0.29, 0.717) is 0 Å². The second-order valence-corrected chi connectivity index (χ2v) is 3.35. The lowest BCUT2D eigenvalue weighted by Gasteiger charge is -2.24. The molecule has 2 N–H and O–H groups in total. The average Bonchev–Trinajstić information content (AvgIpc) is 2.04. The molecule has 2 nitrogen and oxygen atoms in total. The smallest absolute Gasteiger partial charge is 0.260 e. The third kappa shape index (κ3) is 1.95. The Kier molecular flexibility index (Phi) is 2.83. The third-order valence-electron chi connectivity index (χ3n) is 1.81. The van der Waals surface area contributed by atoms with Crippen LogP contribution in [0.1, 0.15) is 12.5 Å². The van der Waals surface area contributed by atoms with Crippen LogP contribution in [0.4, 0.5) is 8.78 Å². The second kappa shape index (κ2) is 3.55. The lowest BCUT2D eigenvalue weighted by atomic mass is 9.95. The summed E-state index contributed by atoms with van der Waals surface area (Å²) in [4.78, 5) is 3.69. The molecular weight excluding hydrogens is 198 g/mol. The molecule has 1 rings (SSSR count). The summed E-state index contributed by atoms with van der Waals surface area (Å²) < 4.78 is 24.9. The van der Waals surface area contributed by atoms with Gasteiger partial charge in [0.05, 0.1) is 5.02 Å². The molecule has 1 aromatic rings. The molecule has 72 valence electrons. The van der Waals surface area contributed by atoms with Gasteiger partial charge in [-0.15, -0.1) is 0 Å². The van der Waals surface area contributed by atoms with Crippen LogP contribution in [0, 0.1) is 0 Å². The van der Waals surface area contributed by atoms with Gasteiger partial charge in [0.2, 0.25) is 0 Å². The number of nitrogens with zero attached hydrogens (tertiary/aromatic N) is 1. The monoisotopic (exact) mass is 206 g/mol. The topological polar surface area (TPSA) is 38.9 Å². The van der Waals surface area contributed by atoms with Gasteiger partial charge in [-0.05, 0) is 18.6 Å². The Hall–Kier alpha value is -0.740. The molecule has 1 atom stereocenters. The van der Waals surface area contributed by atoms with Crippen LogP contribution in [0.15, 0.2) is 18.5 Å². The van der Waals surface area contributed by atoms with E-state index < -0.39 is 12.0 Å². The maximum Gasteiger partial charge on any atom is 0.260 e. The van der Waals surface area contributed by atoms with Crippen molar-refractivity contribution < 1.29 is 8.78 Å². The number of aromatic nitrogens is 1. The highest BCUT2D eigenvalue weighted by Gasteiger charge is 2.34. The molecule has 0 spiro atoms. The van der Waals surface area contributed by atoms with E-state index in [-0.39, 0.29) is 10.6 Å². The fourth-order valence-electron chi connectivity index (χ4n) is 0.930. The Balaban J connectivity index is 3.14. The first-order valence-electron chi connectivity index (χ1n) is 3.63. The average molecular weight is 207 g/mol. The van der Waals surface area contributed by atoms with Crippen LogP contribution in [-0.4, -0.2) is 11.4 Å². The van der Waals surface area contributed by atoms with Crippen molar-refractivity contribution in [3.8, 4) is 0 Å². The SMILES string of the molecule is CC(N)(c1ccncc1Cl)C(F)F. The normalized spacial score (nSPS) is 15.8. The van der Waals surface area contributed by atoms with Crippen LogP contribution in [0.3, 0.4) is 0 Å². The van der Waals surface area contributed by atoms with Gasteiger partial charge in [0.1, 0.15) is 5.54 Å². The van der Waals surface area contributed by atoms with Gasteiger partial charge < -0.3 is 5.73 Å². The van der Waals surface area contributed by atoms with Gasteiger partial charge in [0, 0.05) is 12.4 Å². The van der Waals surface area contributed by atoms with Gasteiger partial charge in [-0.1, -0.05) is 11.6 Å². The molecule has 0 aromatic carbocycles. The highest BCUT2D eigenvalue weighted by molar-refractivity contribution is 6.31. The molecule has 0 radical (unpaired) electrons. The van der Waals surface area contributed by atoms with E-state index in [4.69, 9.17) is 17.3 Å². The lowest BCUT2D eigenvalue weighted by molar-refractivity contribution is 0.0625. The van der Waals surface area contributed by atoms with Gasteiger partial charge in [-0.3, -0.25) is 4.98 Å². The second-order valence-electron chi connectivity index (χ2n) is 2.94. The van der Waals surface area contributed by atoms with Crippen LogP contribution in [0.2, 0.25) is 5.02 Å². The largest absolute Gasteiger partial charge is 0.317 e. The molecule has 1 unspecified atom stereocenters. The lowest BCUT2D eigenvalue weighted by Crippen LogP contribution is -2.40. The molecule has 1 heterocycles. The molecule has 0 aliphatic heterocycles. The van der Waals surface area contributed by atoms with Crippen molar-refractivity contribution in [3.63, 3.8) is 0 Å². The molecule has 13 heavy (non-hydrogen) atoms. The zero-order valence-electron chi connectivity index (χ0n) is 6.97.